The van der Waals surface area contributed by atoms with Crippen LogP contribution in [0.4, 0.5) is 0 Å². The Morgan fingerprint density at radius 3 is 2.91 bits per heavy atom. The number of nitrogens with zero attached hydrogens (tertiary/aromatic N) is 1. The molecule has 0 aromatic carbocycles. The molecule has 1 aromatic heterocycles. The topological polar surface area (TPSA) is 49.4 Å². The fourth-order valence-electron chi connectivity index (χ4n) is 4.12. The molecular weight excluding hydrogens is 296 g/mol. The highest BCUT2D eigenvalue weighted by Gasteiger charge is 2.47. The number of rotatable bonds is 1. The Balaban J connectivity index is 1.52. The summed E-state index contributed by atoms with van der Waals surface area (Å²) in [6.07, 6.45) is 7.49. The van der Waals surface area contributed by atoms with Gasteiger partial charge in [-0.3, -0.25) is 9.59 Å². The number of nitrogens with one attached hydrogen (secondary N) is 1. The first-order valence-electron chi connectivity index (χ1n) is 8.37. The van der Waals surface area contributed by atoms with E-state index in [1.165, 1.54) is 23.3 Å². The van der Waals surface area contributed by atoms with Crippen LogP contribution in [-0.2, 0) is 17.6 Å². The maximum Gasteiger partial charge on any atom is 0.263 e. The first-order valence-corrected chi connectivity index (χ1v) is 9.19. The molecule has 3 heterocycles. The first-order chi connectivity index (χ1) is 10.7. The second kappa shape index (κ2) is 5.37. The lowest BCUT2D eigenvalue weighted by Crippen LogP contribution is -2.47. The van der Waals surface area contributed by atoms with Crippen LogP contribution in [0.5, 0.6) is 0 Å². The van der Waals surface area contributed by atoms with Gasteiger partial charge in [-0.25, -0.2) is 0 Å². The number of hydrogen-bond donors (Lipinski definition) is 1. The van der Waals surface area contributed by atoms with Gasteiger partial charge in [0.2, 0.25) is 5.91 Å². The minimum Gasteiger partial charge on any atom is -0.356 e. The van der Waals surface area contributed by atoms with Crippen molar-refractivity contribution in [3.05, 3.63) is 21.4 Å². The average molecular weight is 318 g/mol. The largest absolute Gasteiger partial charge is 0.356 e. The molecule has 3 aliphatic rings. The van der Waals surface area contributed by atoms with E-state index in [2.05, 4.69) is 11.4 Å². The third-order valence-electron chi connectivity index (χ3n) is 5.45. The summed E-state index contributed by atoms with van der Waals surface area (Å²) in [7, 11) is 0. The van der Waals surface area contributed by atoms with Gasteiger partial charge in [0.05, 0.1) is 10.3 Å². The van der Waals surface area contributed by atoms with E-state index in [-0.39, 0.29) is 17.2 Å². The average Bonchev–Trinajstić information content (AvgIpc) is 3.15. The van der Waals surface area contributed by atoms with E-state index in [9.17, 15) is 9.59 Å². The van der Waals surface area contributed by atoms with Crippen molar-refractivity contribution >= 4 is 23.2 Å². The van der Waals surface area contributed by atoms with Crippen molar-refractivity contribution in [1.82, 2.24) is 10.2 Å². The van der Waals surface area contributed by atoms with Crippen LogP contribution in [0.1, 0.15) is 52.2 Å². The third kappa shape index (κ3) is 2.26. The Kier molecular flexibility index (Phi) is 3.48. The molecule has 0 unspecified atom stereocenters. The molecule has 1 spiro atoms. The number of piperidine rings is 1. The second-order valence-corrected chi connectivity index (χ2v) is 8.02. The number of likely N-dealkylation sites (tertiary alicyclic amines) is 1. The predicted molar refractivity (Wildman–Crippen MR) is 86.2 cm³/mol. The van der Waals surface area contributed by atoms with Crippen LogP contribution < -0.4 is 5.32 Å². The van der Waals surface area contributed by atoms with Crippen molar-refractivity contribution < 1.29 is 9.59 Å². The monoisotopic (exact) mass is 318 g/mol. The predicted octanol–water partition coefficient (Wildman–Crippen LogP) is 2.37. The van der Waals surface area contributed by atoms with E-state index in [1.54, 1.807) is 11.3 Å². The molecule has 2 amide bonds. The van der Waals surface area contributed by atoms with Crippen LogP contribution in [-0.4, -0.2) is 36.3 Å². The molecule has 5 heteroatoms. The Bertz CT molecular complexity index is 601. The Labute approximate surface area is 134 Å². The highest BCUT2D eigenvalue weighted by atomic mass is 32.1. The number of carbonyl (C=O) groups excluding carboxylic acids is 2. The van der Waals surface area contributed by atoms with Gasteiger partial charge in [-0.15, -0.1) is 11.3 Å². The zero-order chi connectivity index (χ0) is 15.2. The number of amides is 2. The number of carbonyl (C=O) groups is 2. The van der Waals surface area contributed by atoms with E-state index >= 15 is 0 Å². The summed E-state index contributed by atoms with van der Waals surface area (Å²) in [5.74, 6) is 0.286. The van der Waals surface area contributed by atoms with Crippen LogP contribution >= 0.6 is 11.3 Å². The van der Waals surface area contributed by atoms with E-state index in [0.29, 0.717) is 6.54 Å². The second-order valence-electron chi connectivity index (χ2n) is 6.88. The summed E-state index contributed by atoms with van der Waals surface area (Å²) in [6.45, 7) is 2.10. The van der Waals surface area contributed by atoms with Gasteiger partial charge in [-0.05, 0) is 56.6 Å². The van der Waals surface area contributed by atoms with Gasteiger partial charge in [0, 0.05) is 24.5 Å². The molecule has 2 fully saturated rings. The Morgan fingerprint density at radius 2 is 2.09 bits per heavy atom. The summed E-state index contributed by atoms with van der Waals surface area (Å²) in [5, 5.41) is 2.98. The molecule has 1 aromatic rings. The van der Waals surface area contributed by atoms with Gasteiger partial charge in [0.25, 0.3) is 5.91 Å². The van der Waals surface area contributed by atoms with Crippen molar-refractivity contribution in [1.29, 1.82) is 0 Å². The maximum absolute atomic E-state index is 12.8. The quantitative estimate of drug-likeness (QED) is 0.864. The lowest BCUT2D eigenvalue weighted by molar-refractivity contribution is -0.132. The molecule has 1 N–H and O–H groups in total. The highest BCUT2D eigenvalue weighted by molar-refractivity contribution is 7.14. The van der Waals surface area contributed by atoms with Crippen LogP contribution in [0.15, 0.2) is 6.07 Å². The van der Waals surface area contributed by atoms with Crippen LogP contribution in [0.25, 0.3) is 0 Å². The molecule has 4 nitrogen and oxygen atoms in total. The summed E-state index contributed by atoms with van der Waals surface area (Å²) < 4.78 is 0. The lowest BCUT2D eigenvalue weighted by Gasteiger charge is -2.32. The molecule has 0 radical (unpaired) electrons. The molecular formula is C17H22N2O2S. The van der Waals surface area contributed by atoms with Crippen molar-refractivity contribution in [3.63, 3.8) is 0 Å². The third-order valence-corrected chi connectivity index (χ3v) is 6.67. The van der Waals surface area contributed by atoms with Gasteiger partial charge in [-0.1, -0.05) is 0 Å². The normalized spacial score (nSPS) is 27.8. The summed E-state index contributed by atoms with van der Waals surface area (Å²) >= 11 is 1.67. The first kappa shape index (κ1) is 14.2. The van der Waals surface area contributed by atoms with Gasteiger partial charge in [0.1, 0.15) is 0 Å². The smallest absolute Gasteiger partial charge is 0.263 e. The van der Waals surface area contributed by atoms with E-state index in [0.717, 1.165) is 50.1 Å². The molecule has 0 bridgehead atoms. The van der Waals surface area contributed by atoms with Crippen LogP contribution in [0.3, 0.4) is 0 Å². The van der Waals surface area contributed by atoms with Gasteiger partial charge in [0.15, 0.2) is 0 Å². The summed E-state index contributed by atoms with van der Waals surface area (Å²) in [4.78, 5) is 29.2. The van der Waals surface area contributed by atoms with Gasteiger partial charge < -0.3 is 10.2 Å². The van der Waals surface area contributed by atoms with Crippen molar-refractivity contribution in [3.8, 4) is 0 Å². The number of thiophene rings is 1. The van der Waals surface area contributed by atoms with Crippen LogP contribution in [0, 0.1) is 5.41 Å². The highest BCUT2D eigenvalue weighted by Crippen LogP contribution is 2.39. The fraction of sp³-hybridized carbons (Fsp3) is 0.647. The number of hydrogen-bond acceptors (Lipinski definition) is 3. The zero-order valence-corrected chi connectivity index (χ0v) is 13.6. The van der Waals surface area contributed by atoms with Crippen molar-refractivity contribution in [2.24, 2.45) is 5.41 Å². The SMILES string of the molecule is O=C(c1cc2c(s1)CCCC2)N1CC[C@]2(CCCNC2=O)C1. The molecule has 0 saturated carbocycles. The Morgan fingerprint density at radius 1 is 1.23 bits per heavy atom. The van der Waals surface area contributed by atoms with Gasteiger partial charge in [-0.2, -0.15) is 0 Å². The van der Waals surface area contributed by atoms with E-state index in [1.807, 2.05) is 4.90 Å². The zero-order valence-electron chi connectivity index (χ0n) is 12.8. The number of fused-ring (bicyclic) bond motifs is 1. The molecule has 4 rings (SSSR count). The fourth-order valence-corrected chi connectivity index (χ4v) is 5.34. The molecule has 1 aliphatic carbocycles. The maximum atomic E-state index is 12.8. The molecule has 22 heavy (non-hydrogen) atoms. The molecule has 2 saturated heterocycles. The van der Waals surface area contributed by atoms with Crippen molar-refractivity contribution in [2.45, 2.75) is 44.9 Å². The summed E-state index contributed by atoms with van der Waals surface area (Å²) in [6, 6.07) is 2.10. The van der Waals surface area contributed by atoms with E-state index < -0.39 is 0 Å². The lowest BCUT2D eigenvalue weighted by atomic mass is 9.79. The van der Waals surface area contributed by atoms with E-state index in [4.69, 9.17) is 0 Å². The van der Waals surface area contributed by atoms with Gasteiger partial charge >= 0.3 is 0 Å². The molecule has 118 valence electrons. The minimum absolute atomic E-state index is 0.134. The molecule has 1 atom stereocenters. The summed E-state index contributed by atoms with van der Waals surface area (Å²) in [5.41, 5.74) is 1.06. The molecule has 2 aliphatic heterocycles. The van der Waals surface area contributed by atoms with Crippen LogP contribution in [0.2, 0.25) is 0 Å². The Hall–Kier alpha value is -1.36. The minimum atomic E-state index is -0.315. The number of aryl methyl sites for hydroxylation is 2. The van der Waals surface area contributed by atoms with Crippen molar-refractivity contribution in [2.75, 3.05) is 19.6 Å². The standard InChI is InChI=1S/C17H22N2O2S/c20-15(14-10-12-4-1-2-5-13(12)22-14)19-9-7-17(11-19)6-3-8-18-16(17)21/h10H,1-9,11H2,(H,18,21)/t17-/m1/s1.